The van der Waals surface area contributed by atoms with Crippen LogP contribution in [0, 0.1) is 0 Å². The first-order chi connectivity index (χ1) is 6.74. The molecule has 2 N–H and O–H groups in total. The molecule has 14 heavy (non-hydrogen) atoms. The molecular weight excluding hydrogens is 182 g/mol. The molecule has 0 aromatic carbocycles. The van der Waals surface area contributed by atoms with Gasteiger partial charge in [-0.25, -0.2) is 0 Å². The van der Waals surface area contributed by atoms with E-state index in [0.29, 0.717) is 6.04 Å². The van der Waals surface area contributed by atoms with Gasteiger partial charge >= 0.3 is 0 Å². The van der Waals surface area contributed by atoms with Gasteiger partial charge in [0.1, 0.15) is 0 Å². The van der Waals surface area contributed by atoms with Crippen molar-refractivity contribution in [3.8, 4) is 0 Å². The van der Waals surface area contributed by atoms with Crippen LogP contribution >= 0.6 is 0 Å². The molecule has 2 saturated heterocycles. The van der Waals surface area contributed by atoms with Crippen molar-refractivity contribution in [1.29, 1.82) is 0 Å². The number of aliphatic hydroxyl groups is 1. The third-order valence-corrected chi connectivity index (χ3v) is 2.93. The van der Waals surface area contributed by atoms with Gasteiger partial charge < -0.3 is 19.9 Å². The second-order valence-corrected chi connectivity index (χ2v) is 4.32. The third kappa shape index (κ3) is 2.08. The van der Waals surface area contributed by atoms with E-state index in [9.17, 15) is 0 Å². The fourth-order valence-electron chi connectivity index (χ4n) is 2.42. The van der Waals surface area contributed by atoms with Crippen LogP contribution in [0.25, 0.3) is 0 Å². The number of hydrogen-bond acceptors (Lipinski definition) is 4. The van der Waals surface area contributed by atoms with Gasteiger partial charge in [0.25, 0.3) is 0 Å². The average molecular weight is 201 g/mol. The summed E-state index contributed by atoms with van der Waals surface area (Å²) in [5, 5.41) is 12.5. The molecule has 0 amide bonds. The molecule has 0 aliphatic carbocycles. The summed E-state index contributed by atoms with van der Waals surface area (Å²) >= 11 is 0. The zero-order valence-electron chi connectivity index (χ0n) is 8.66. The molecule has 0 aromatic rings. The van der Waals surface area contributed by atoms with Gasteiger partial charge in [-0.05, 0) is 13.3 Å². The first-order valence-electron chi connectivity index (χ1n) is 5.39. The molecule has 2 fully saturated rings. The Hall–Kier alpha value is -0.160. The summed E-state index contributed by atoms with van der Waals surface area (Å²) in [6, 6.07) is 0.454. The zero-order valence-corrected chi connectivity index (χ0v) is 8.66. The summed E-state index contributed by atoms with van der Waals surface area (Å²) in [6.45, 7) is 3.82. The Kier molecular flexibility index (Phi) is 3.07. The molecular formula is C10H19NO3. The predicted molar refractivity (Wildman–Crippen MR) is 52.0 cm³/mol. The van der Waals surface area contributed by atoms with Crippen molar-refractivity contribution in [3.05, 3.63) is 0 Å². The molecule has 2 unspecified atom stereocenters. The van der Waals surface area contributed by atoms with Crippen LogP contribution < -0.4 is 5.32 Å². The van der Waals surface area contributed by atoms with Crippen LogP contribution in [0.2, 0.25) is 0 Å². The quantitative estimate of drug-likeness (QED) is 0.638. The van der Waals surface area contributed by atoms with Gasteiger partial charge in [-0.2, -0.15) is 0 Å². The first-order valence-corrected chi connectivity index (χ1v) is 5.39. The van der Waals surface area contributed by atoms with Gasteiger partial charge in [-0.15, -0.1) is 0 Å². The van der Waals surface area contributed by atoms with Crippen molar-refractivity contribution in [2.45, 2.75) is 44.1 Å². The molecule has 1 spiro atoms. The summed E-state index contributed by atoms with van der Waals surface area (Å²) in [5.74, 6) is -0.420. The van der Waals surface area contributed by atoms with E-state index in [4.69, 9.17) is 14.6 Å². The lowest BCUT2D eigenvalue weighted by molar-refractivity contribution is -0.286. The second kappa shape index (κ2) is 4.14. The highest BCUT2D eigenvalue weighted by Gasteiger charge is 2.42. The fraction of sp³-hybridized carbons (Fsp3) is 1.00. The van der Waals surface area contributed by atoms with Crippen LogP contribution in [-0.4, -0.2) is 42.8 Å². The second-order valence-electron chi connectivity index (χ2n) is 4.32. The summed E-state index contributed by atoms with van der Waals surface area (Å²) in [5.41, 5.74) is 0. The van der Waals surface area contributed by atoms with Gasteiger partial charge in [0.15, 0.2) is 5.79 Å². The molecule has 0 aromatic heterocycles. The molecule has 2 aliphatic heterocycles. The van der Waals surface area contributed by atoms with Gasteiger partial charge in [0.2, 0.25) is 0 Å². The minimum Gasteiger partial charge on any atom is -0.395 e. The first kappa shape index (κ1) is 10.4. The van der Waals surface area contributed by atoms with E-state index in [1.165, 1.54) is 0 Å². The van der Waals surface area contributed by atoms with Gasteiger partial charge in [0.05, 0.1) is 19.8 Å². The number of hydrogen-bond donors (Lipinski definition) is 2. The lowest BCUT2D eigenvalue weighted by atomic mass is 9.93. The van der Waals surface area contributed by atoms with Gasteiger partial charge in [-0.3, -0.25) is 0 Å². The van der Waals surface area contributed by atoms with Crippen molar-refractivity contribution < 1.29 is 14.6 Å². The smallest absolute Gasteiger partial charge is 0.171 e. The van der Waals surface area contributed by atoms with Crippen LogP contribution in [0.1, 0.15) is 26.2 Å². The highest BCUT2D eigenvalue weighted by molar-refractivity contribution is 4.90. The molecule has 4 nitrogen and oxygen atoms in total. The lowest BCUT2D eigenvalue weighted by Gasteiger charge is -2.45. The van der Waals surface area contributed by atoms with E-state index in [1.54, 1.807) is 0 Å². The molecule has 0 radical (unpaired) electrons. The Labute approximate surface area is 84.6 Å². The van der Waals surface area contributed by atoms with Gasteiger partial charge in [-0.1, -0.05) is 0 Å². The molecule has 0 saturated carbocycles. The maximum Gasteiger partial charge on any atom is 0.171 e. The number of ether oxygens (including phenoxy) is 2. The SMILES string of the molecule is CC1CC2(CC(CO)N1)OCCCO2. The monoisotopic (exact) mass is 201 g/mol. The Morgan fingerprint density at radius 1 is 1.36 bits per heavy atom. The van der Waals surface area contributed by atoms with Crippen LogP contribution in [-0.2, 0) is 9.47 Å². The topological polar surface area (TPSA) is 50.7 Å². The Bertz CT molecular complexity index is 192. The minimum absolute atomic E-state index is 0.108. The minimum atomic E-state index is -0.420. The fourth-order valence-corrected chi connectivity index (χ4v) is 2.42. The van der Waals surface area contributed by atoms with E-state index in [-0.39, 0.29) is 12.6 Å². The summed E-state index contributed by atoms with van der Waals surface area (Å²) < 4.78 is 11.5. The normalized spacial score (nSPS) is 37.3. The Morgan fingerprint density at radius 3 is 2.71 bits per heavy atom. The number of piperidine rings is 1. The molecule has 0 bridgehead atoms. The van der Waals surface area contributed by atoms with Crippen molar-refractivity contribution in [3.63, 3.8) is 0 Å². The van der Waals surface area contributed by atoms with E-state index in [1.807, 2.05) is 0 Å². The lowest BCUT2D eigenvalue weighted by Crippen LogP contribution is -2.57. The highest BCUT2D eigenvalue weighted by Crippen LogP contribution is 2.32. The molecule has 82 valence electrons. The molecule has 4 heteroatoms. The Morgan fingerprint density at radius 2 is 2.07 bits per heavy atom. The summed E-state index contributed by atoms with van der Waals surface area (Å²) in [4.78, 5) is 0. The number of aliphatic hydroxyl groups excluding tert-OH is 1. The summed E-state index contributed by atoms with van der Waals surface area (Å²) in [6.07, 6.45) is 2.62. The van der Waals surface area contributed by atoms with Crippen molar-refractivity contribution in [2.75, 3.05) is 19.8 Å². The number of rotatable bonds is 1. The standard InChI is InChI=1S/C10H19NO3/c1-8-5-10(6-9(7-12)11-8)13-3-2-4-14-10/h8-9,11-12H,2-7H2,1H3. The van der Waals surface area contributed by atoms with E-state index >= 15 is 0 Å². The van der Waals surface area contributed by atoms with Crippen molar-refractivity contribution in [2.24, 2.45) is 0 Å². The van der Waals surface area contributed by atoms with E-state index < -0.39 is 5.79 Å². The zero-order chi connectivity index (χ0) is 10.0. The van der Waals surface area contributed by atoms with Crippen LogP contribution in [0.15, 0.2) is 0 Å². The summed E-state index contributed by atoms with van der Waals surface area (Å²) in [7, 11) is 0. The number of nitrogens with one attached hydrogen (secondary N) is 1. The van der Waals surface area contributed by atoms with Crippen LogP contribution in [0.5, 0.6) is 0 Å². The maximum atomic E-state index is 9.15. The largest absolute Gasteiger partial charge is 0.395 e. The van der Waals surface area contributed by atoms with Gasteiger partial charge in [0, 0.05) is 24.9 Å². The van der Waals surface area contributed by atoms with Crippen LogP contribution in [0.3, 0.4) is 0 Å². The third-order valence-electron chi connectivity index (χ3n) is 2.93. The van der Waals surface area contributed by atoms with E-state index in [2.05, 4.69) is 12.2 Å². The molecule has 2 heterocycles. The van der Waals surface area contributed by atoms with E-state index in [0.717, 1.165) is 32.5 Å². The highest BCUT2D eigenvalue weighted by atomic mass is 16.7. The van der Waals surface area contributed by atoms with Crippen molar-refractivity contribution >= 4 is 0 Å². The predicted octanol–water partition coefficient (Wildman–Crippen LogP) is 0.252. The molecule has 2 atom stereocenters. The molecule has 2 aliphatic rings. The average Bonchev–Trinajstić information content (AvgIpc) is 2.17. The Balaban J connectivity index is 2.02. The molecule has 2 rings (SSSR count). The maximum absolute atomic E-state index is 9.15. The van der Waals surface area contributed by atoms with Crippen molar-refractivity contribution in [1.82, 2.24) is 5.32 Å². The van der Waals surface area contributed by atoms with Crippen LogP contribution in [0.4, 0.5) is 0 Å².